The Morgan fingerprint density at radius 2 is 2.24 bits per heavy atom. The molecule has 0 amide bonds. The Morgan fingerprint density at radius 3 is 2.82 bits per heavy atom. The van der Waals surface area contributed by atoms with E-state index in [4.69, 9.17) is 10.5 Å². The van der Waals surface area contributed by atoms with Gasteiger partial charge in [-0.2, -0.15) is 5.10 Å². The summed E-state index contributed by atoms with van der Waals surface area (Å²) in [5, 5.41) is 3.94. The lowest BCUT2D eigenvalue weighted by molar-refractivity contribution is -0.140. The zero-order valence-corrected chi connectivity index (χ0v) is 9.80. The molecular formula is C10H15N3O4. The molecule has 0 aliphatic carbocycles. The first-order chi connectivity index (χ1) is 8.08. The van der Waals surface area contributed by atoms with Crippen LogP contribution in [0.1, 0.15) is 23.8 Å². The molecule has 1 aromatic rings. The number of anilines is 1. The van der Waals surface area contributed by atoms with E-state index in [1.165, 1.54) is 18.0 Å². The van der Waals surface area contributed by atoms with Crippen molar-refractivity contribution < 1.29 is 19.1 Å². The number of nitrogen functional groups attached to an aromatic ring is 1. The van der Waals surface area contributed by atoms with E-state index in [1.54, 1.807) is 6.92 Å². The summed E-state index contributed by atoms with van der Waals surface area (Å²) in [6.45, 7) is 2.26. The minimum absolute atomic E-state index is 0.0664. The van der Waals surface area contributed by atoms with Gasteiger partial charge in [0.1, 0.15) is 0 Å². The van der Waals surface area contributed by atoms with Crippen LogP contribution in [-0.4, -0.2) is 35.4 Å². The van der Waals surface area contributed by atoms with Crippen molar-refractivity contribution in [1.29, 1.82) is 0 Å². The van der Waals surface area contributed by atoms with E-state index in [0.717, 1.165) is 0 Å². The quantitative estimate of drug-likeness (QED) is 0.740. The molecule has 2 N–H and O–H groups in total. The third-order valence-corrected chi connectivity index (χ3v) is 2.03. The molecular weight excluding hydrogens is 226 g/mol. The second-order valence-electron chi connectivity index (χ2n) is 3.24. The Kier molecular flexibility index (Phi) is 4.50. The van der Waals surface area contributed by atoms with Crippen LogP contribution in [0.3, 0.4) is 0 Å². The highest BCUT2D eigenvalue weighted by molar-refractivity contribution is 5.92. The first-order valence-electron chi connectivity index (χ1n) is 5.15. The van der Waals surface area contributed by atoms with Crippen molar-refractivity contribution >= 4 is 17.6 Å². The van der Waals surface area contributed by atoms with Gasteiger partial charge in [0.15, 0.2) is 5.69 Å². The largest absolute Gasteiger partial charge is 0.469 e. The fraction of sp³-hybridized carbons (Fsp3) is 0.500. The summed E-state index contributed by atoms with van der Waals surface area (Å²) in [4.78, 5) is 22.3. The van der Waals surface area contributed by atoms with Gasteiger partial charge in [-0.1, -0.05) is 0 Å². The molecule has 0 saturated heterocycles. The van der Waals surface area contributed by atoms with Crippen LogP contribution >= 0.6 is 0 Å². The summed E-state index contributed by atoms with van der Waals surface area (Å²) in [5.74, 6) is -0.918. The van der Waals surface area contributed by atoms with Crippen LogP contribution in [0.2, 0.25) is 0 Å². The maximum absolute atomic E-state index is 11.4. The Morgan fingerprint density at radius 1 is 1.53 bits per heavy atom. The van der Waals surface area contributed by atoms with Gasteiger partial charge in [0.2, 0.25) is 0 Å². The molecule has 0 saturated carbocycles. The third kappa shape index (κ3) is 3.47. The number of methoxy groups -OCH3 is 1. The molecule has 0 spiro atoms. The van der Waals surface area contributed by atoms with Crippen LogP contribution in [-0.2, 0) is 20.8 Å². The standard InChI is InChI=1S/C10H15N3O4/c1-3-17-10(15)9-7(11)6-13(12-9)5-4-8(14)16-2/h6H,3-5,11H2,1-2H3. The van der Waals surface area contributed by atoms with Gasteiger partial charge in [-0.3, -0.25) is 9.48 Å². The summed E-state index contributed by atoms with van der Waals surface area (Å²) in [6.07, 6.45) is 1.65. The maximum atomic E-state index is 11.4. The van der Waals surface area contributed by atoms with Gasteiger partial charge in [0.05, 0.1) is 32.4 Å². The van der Waals surface area contributed by atoms with Crippen molar-refractivity contribution in [3.8, 4) is 0 Å². The Bertz CT molecular complexity index is 414. The Labute approximate surface area is 98.5 Å². The number of hydrogen-bond acceptors (Lipinski definition) is 6. The molecule has 0 bridgehead atoms. The van der Waals surface area contributed by atoms with Gasteiger partial charge in [0, 0.05) is 6.20 Å². The lowest BCUT2D eigenvalue weighted by Crippen LogP contribution is -2.10. The van der Waals surface area contributed by atoms with E-state index < -0.39 is 5.97 Å². The lowest BCUT2D eigenvalue weighted by Gasteiger charge is -2.00. The monoisotopic (exact) mass is 241 g/mol. The molecule has 1 rings (SSSR count). The van der Waals surface area contributed by atoms with Crippen LogP contribution in [0.5, 0.6) is 0 Å². The van der Waals surface area contributed by atoms with E-state index in [-0.39, 0.29) is 30.4 Å². The smallest absolute Gasteiger partial charge is 0.361 e. The van der Waals surface area contributed by atoms with Crippen molar-refractivity contribution in [2.45, 2.75) is 19.9 Å². The van der Waals surface area contributed by atoms with Gasteiger partial charge < -0.3 is 15.2 Å². The van der Waals surface area contributed by atoms with Crippen LogP contribution in [0.4, 0.5) is 5.69 Å². The van der Waals surface area contributed by atoms with E-state index >= 15 is 0 Å². The number of carbonyl (C=O) groups is 2. The van der Waals surface area contributed by atoms with Crippen molar-refractivity contribution in [1.82, 2.24) is 9.78 Å². The van der Waals surface area contributed by atoms with Crippen LogP contribution in [0, 0.1) is 0 Å². The SMILES string of the molecule is CCOC(=O)c1nn(CCC(=O)OC)cc1N. The summed E-state index contributed by atoms with van der Waals surface area (Å²) in [7, 11) is 1.31. The first kappa shape index (κ1) is 13.0. The number of aryl methyl sites for hydroxylation is 1. The fourth-order valence-electron chi connectivity index (χ4n) is 1.22. The highest BCUT2D eigenvalue weighted by Crippen LogP contribution is 2.10. The average Bonchev–Trinajstić information content (AvgIpc) is 2.68. The third-order valence-electron chi connectivity index (χ3n) is 2.03. The predicted molar refractivity (Wildman–Crippen MR) is 59.2 cm³/mol. The number of hydrogen-bond donors (Lipinski definition) is 1. The zero-order chi connectivity index (χ0) is 12.8. The molecule has 1 aromatic heterocycles. The van der Waals surface area contributed by atoms with Crippen LogP contribution in [0.15, 0.2) is 6.20 Å². The molecule has 7 nitrogen and oxygen atoms in total. The van der Waals surface area contributed by atoms with Crippen molar-refractivity contribution in [2.24, 2.45) is 0 Å². The number of carbonyl (C=O) groups excluding carboxylic acids is 2. The molecule has 94 valence electrons. The molecule has 7 heteroatoms. The Hall–Kier alpha value is -2.05. The number of ether oxygens (including phenoxy) is 2. The van der Waals surface area contributed by atoms with E-state index in [9.17, 15) is 9.59 Å². The summed E-state index contributed by atoms with van der Waals surface area (Å²) >= 11 is 0. The highest BCUT2D eigenvalue weighted by atomic mass is 16.5. The van der Waals surface area contributed by atoms with Crippen LogP contribution in [0.25, 0.3) is 0 Å². The minimum atomic E-state index is -0.568. The minimum Gasteiger partial charge on any atom is -0.469 e. The van der Waals surface area contributed by atoms with Crippen molar-refractivity contribution in [3.05, 3.63) is 11.9 Å². The number of rotatable bonds is 5. The zero-order valence-electron chi connectivity index (χ0n) is 9.80. The second-order valence-corrected chi connectivity index (χ2v) is 3.24. The Balaban J connectivity index is 2.68. The molecule has 0 fully saturated rings. The normalized spacial score (nSPS) is 10.0. The van der Waals surface area contributed by atoms with E-state index in [1.807, 2.05) is 0 Å². The summed E-state index contributed by atoms with van der Waals surface area (Å²) < 4.78 is 10.7. The molecule has 0 radical (unpaired) electrons. The highest BCUT2D eigenvalue weighted by Gasteiger charge is 2.16. The van der Waals surface area contributed by atoms with Crippen molar-refractivity contribution in [2.75, 3.05) is 19.5 Å². The average molecular weight is 241 g/mol. The fourth-order valence-corrected chi connectivity index (χ4v) is 1.22. The van der Waals surface area contributed by atoms with E-state index in [0.29, 0.717) is 6.54 Å². The van der Waals surface area contributed by atoms with E-state index in [2.05, 4.69) is 9.84 Å². The lowest BCUT2D eigenvalue weighted by atomic mass is 10.4. The topological polar surface area (TPSA) is 96.4 Å². The molecule has 0 aliphatic rings. The number of aromatic nitrogens is 2. The number of esters is 2. The molecule has 0 aromatic carbocycles. The van der Waals surface area contributed by atoms with Crippen LogP contribution < -0.4 is 5.73 Å². The number of nitrogens with two attached hydrogens (primary N) is 1. The van der Waals surface area contributed by atoms with Gasteiger partial charge in [0.25, 0.3) is 0 Å². The second kappa shape index (κ2) is 5.88. The molecule has 1 heterocycles. The van der Waals surface area contributed by atoms with Gasteiger partial charge in [-0.25, -0.2) is 4.79 Å². The van der Waals surface area contributed by atoms with Gasteiger partial charge in [-0.15, -0.1) is 0 Å². The maximum Gasteiger partial charge on any atom is 0.361 e. The first-order valence-corrected chi connectivity index (χ1v) is 5.15. The molecule has 0 aliphatic heterocycles. The summed E-state index contributed by atoms with van der Waals surface area (Å²) in [5.41, 5.74) is 5.91. The molecule has 0 atom stereocenters. The molecule has 17 heavy (non-hydrogen) atoms. The predicted octanol–water partition coefficient (Wildman–Crippen LogP) is 0.205. The summed E-state index contributed by atoms with van der Waals surface area (Å²) in [6, 6.07) is 0. The van der Waals surface area contributed by atoms with Gasteiger partial charge >= 0.3 is 11.9 Å². The van der Waals surface area contributed by atoms with Crippen molar-refractivity contribution in [3.63, 3.8) is 0 Å². The molecule has 0 unspecified atom stereocenters. The van der Waals surface area contributed by atoms with Gasteiger partial charge in [-0.05, 0) is 6.92 Å². The number of nitrogens with zero attached hydrogens (tertiary/aromatic N) is 2.